The number of H-pyrrole nitrogens is 2. The molecule has 2 rings (SSSR count). The highest BCUT2D eigenvalue weighted by atomic mass is 31.1. The van der Waals surface area contributed by atoms with Crippen LogP contribution in [0.2, 0.25) is 0 Å². The van der Waals surface area contributed by atoms with Gasteiger partial charge in [-0.15, -0.1) is 9.42 Å². The molecule has 1 aromatic carbocycles. The lowest BCUT2D eigenvalue weighted by molar-refractivity contribution is -0.384. The van der Waals surface area contributed by atoms with Crippen LogP contribution in [0, 0.1) is 10.1 Å². The summed E-state index contributed by atoms with van der Waals surface area (Å²) in [6.45, 7) is 3.81. The number of nitrogens with one attached hydrogen (secondary N) is 2. The first-order valence-electron chi connectivity index (χ1n) is 7.23. The zero-order valence-electron chi connectivity index (χ0n) is 13.4. The predicted octanol–water partition coefficient (Wildman–Crippen LogP) is 0.959. The number of nitro benzene ring substituents is 1. The van der Waals surface area contributed by atoms with Gasteiger partial charge in [0.1, 0.15) is 0 Å². The summed E-state index contributed by atoms with van der Waals surface area (Å²) in [5.41, 5.74) is -1.33. The van der Waals surface area contributed by atoms with Crippen molar-refractivity contribution in [2.24, 2.45) is 0 Å². The Balaban J connectivity index is 2.56. The molecule has 11 nitrogen and oxygen atoms in total. The van der Waals surface area contributed by atoms with Gasteiger partial charge in [0.25, 0.3) is 5.69 Å². The molecule has 2 unspecified atom stereocenters. The molecule has 25 heavy (non-hydrogen) atoms. The van der Waals surface area contributed by atoms with Crippen LogP contribution in [-0.2, 0) is 15.6 Å². The van der Waals surface area contributed by atoms with Crippen molar-refractivity contribution in [1.82, 2.24) is 14.9 Å². The Bertz CT molecular complexity index is 938. The van der Waals surface area contributed by atoms with E-state index < -0.39 is 30.5 Å². The molecule has 0 saturated carbocycles. The highest BCUT2D eigenvalue weighted by Crippen LogP contribution is 2.25. The average Bonchev–Trinajstić information content (AvgIpc) is 2.52. The van der Waals surface area contributed by atoms with Crippen LogP contribution in [0.1, 0.15) is 19.4 Å². The fourth-order valence-corrected chi connectivity index (χ4v) is 2.82. The number of benzene rings is 1. The van der Waals surface area contributed by atoms with Gasteiger partial charge in [-0.05, 0) is 19.0 Å². The zero-order chi connectivity index (χ0) is 18.7. The molecule has 134 valence electrons. The third kappa shape index (κ3) is 4.34. The molecule has 1 heterocycles. The quantitative estimate of drug-likeness (QED) is 0.213. The highest BCUT2D eigenvalue weighted by Gasteiger charge is 2.25. The molecular formula is C13H16N4O7P+. The largest absolute Gasteiger partial charge is 0.696 e. The summed E-state index contributed by atoms with van der Waals surface area (Å²) >= 11 is 0. The van der Waals surface area contributed by atoms with Crippen molar-refractivity contribution in [2.45, 2.75) is 26.6 Å². The van der Waals surface area contributed by atoms with Crippen LogP contribution in [0.3, 0.4) is 0 Å². The number of fused-ring (bicyclic) bond motifs is 1. The molecule has 1 aromatic heterocycles. The minimum atomic E-state index is -2.82. The van der Waals surface area contributed by atoms with E-state index >= 15 is 0 Å². The fraction of sp³-hybridized carbons (Fsp3) is 0.385. The smallest absolute Gasteiger partial charge is 0.316 e. The van der Waals surface area contributed by atoms with Gasteiger partial charge in [-0.25, -0.2) is 0 Å². The molecule has 0 radical (unpaired) electrons. The van der Waals surface area contributed by atoms with Gasteiger partial charge in [-0.1, -0.05) is 6.92 Å². The van der Waals surface area contributed by atoms with E-state index in [1.807, 2.05) is 0 Å². The number of hydrogen-bond acceptors (Lipinski definition) is 7. The molecule has 0 aliphatic heterocycles. The molecule has 0 aliphatic carbocycles. The van der Waals surface area contributed by atoms with Gasteiger partial charge in [0.15, 0.2) is 6.23 Å². The van der Waals surface area contributed by atoms with E-state index in [0.29, 0.717) is 12.1 Å². The molecule has 2 atom stereocenters. The van der Waals surface area contributed by atoms with Crippen LogP contribution >= 0.6 is 8.25 Å². The molecule has 2 aromatic rings. The van der Waals surface area contributed by atoms with E-state index in [1.54, 1.807) is 18.7 Å². The van der Waals surface area contributed by atoms with E-state index in [0.717, 1.165) is 6.07 Å². The molecule has 0 saturated heterocycles. The monoisotopic (exact) mass is 371 g/mol. The number of rotatable bonds is 7. The van der Waals surface area contributed by atoms with Crippen molar-refractivity contribution in [2.75, 3.05) is 6.54 Å². The Morgan fingerprint density at radius 2 is 2.00 bits per heavy atom. The molecule has 12 heteroatoms. The zero-order valence-corrected chi connectivity index (χ0v) is 14.3. The molecule has 0 bridgehead atoms. The van der Waals surface area contributed by atoms with Crippen LogP contribution in [0.15, 0.2) is 21.7 Å². The first-order valence-corrected chi connectivity index (χ1v) is 8.36. The SMILES string of the molecule is CCN(Cc1cc([N+](=O)[O-])cc2[nH]c(=O)c(=O)[nH]c12)C(C)O[P+](=O)O. The highest BCUT2D eigenvalue weighted by molar-refractivity contribution is 7.32. The van der Waals surface area contributed by atoms with Crippen LogP contribution in [0.4, 0.5) is 5.69 Å². The second kappa shape index (κ2) is 7.62. The summed E-state index contributed by atoms with van der Waals surface area (Å²) < 4.78 is 15.7. The van der Waals surface area contributed by atoms with Crippen LogP contribution in [0.5, 0.6) is 0 Å². The maximum Gasteiger partial charge on any atom is 0.696 e. The van der Waals surface area contributed by atoms with Crippen LogP contribution in [0.25, 0.3) is 11.0 Å². The van der Waals surface area contributed by atoms with Crippen LogP contribution in [-0.4, -0.2) is 37.5 Å². The number of non-ortho nitro benzene ring substituents is 1. The van der Waals surface area contributed by atoms with Gasteiger partial charge < -0.3 is 9.97 Å². The van der Waals surface area contributed by atoms with Crippen LogP contribution < -0.4 is 11.1 Å². The van der Waals surface area contributed by atoms with E-state index in [1.165, 1.54) is 6.07 Å². The Kier molecular flexibility index (Phi) is 5.75. The van der Waals surface area contributed by atoms with E-state index in [-0.39, 0.29) is 23.3 Å². The summed E-state index contributed by atoms with van der Waals surface area (Å²) in [5, 5.41) is 11.1. The van der Waals surface area contributed by atoms with Crippen molar-refractivity contribution < 1.29 is 18.9 Å². The summed E-state index contributed by atoms with van der Waals surface area (Å²) in [4.78, 5) is 48.8. The summed E-state index contributed by atoms with van der Waals surface area (Å²) in [7, 11) is -2.82. The maximum atomic E-state index is 11.6. The summed E-state index contributed by atoms with van der Waals surface area (Å²) in [6.07, 6.45) is -0.748. The Morgan fingerprint density at radius 3 is 2.56 bits per heavy atom. The first-order chi connectivity index (χ1) is 11.7. The number of aromatic nitrogens is 2. The summed E-state index contributed by atoms with van der Waals surface area (Å²) in [6, 6.07) is 2.42. The van der Waals surface area contributed by atoms with Crippen molar-refractivity contribution in [3.63, 3.8) is 0 Å². The van der Waals surface area contributed by atoms with Gasteiger partial charge in [-0.3, -0.25) is 24.6 Å². The first kappa shape index (κ1) is 18.9. The second-order valence-electron chi connectivity index (χ2n) is 5.20. The second-order valence-corrected chi connectivity index (χ2v) is 5.88. The standard InChI is InChI=1S/C13H15N4O7P/c1-3-16(7(2)24-25(22)23)6-8-4-9(17(20)21)5-10-11(8)15-13(19)12(18)14-10/h4-5,7H,3,6H2,1-2H3,(H2-,14,15,18,19,22,23)/p+1. The lowest BCUT2D eigenvalue weighted by Gasteiger charge is -2.23. The lowest BCUT2D eigenvalue weighted by atomic mass is 10.1. The van der Waals surface area contributed by atoms with Gasteiger partial charge in [-0.2, -0.15) is 0 Å². The minimum absolute atomic E-state index is 0.0843. The van der Waals surface area contributed by atoms with Crippen molar-refractivity contribution in [3.05, 3.63) is 48.5 Å². The third-order valence-electron chi connectivity index (χ3n) is 3.65. The molecule has 0 aliphatic rings. The molecule has 0 spiro atoms. The average molecular weight is 371 g/mol. The van der Waals surface area contributed by atoms with E-state index in [4.69, 9.17) is 9.42 Å². The molecule has 0 fully saturated rings. The minimum Gasteiger partial charge on any atom is -0.316 e. The molecule has 3 N–H and O–H groups in total. The van der Waals surface area contributed by atoms with Crippen molar-refractivity contribution >= 4 is 25.0 Å². The normalized spacial score (nSPS) is 13.2. The van der Waals surface area contributed by atoms with E-state index in [9.17, 15) is 24.3 Å². The van der Waals surface area contributed by atoms with Crippen molar-refractivity contribution in [3.8, 4) is 0 Å². The number of hydrogen-bond donors (Lipinski definition) is 3. The topological polar surface area (TPSA) is 159 Å². The maximum absolute atomic E-state index is 11.6. The molecular weight excluding hydrogens is 355 g/mol. The molecule has 0 amide bonds. The van der Waals surface area contributed by atoms with Gasteiger partial charge in [0, 0.05) is 23.2 Å². The van der Waals surface area contributed by atoms with E-state index in [2.05, 4.69) is 9.97 Å². The fourth-order valence-electron chi connectivity index (χ4n) is 2.42. The Hall–Kier alpha value is -2.46. The Morgan fingerprint density at radius 1 is 1.36 bits per heavy atom. The summed E-state index contributed by atoms with van der Waals surface area (Å²) in [5.74, 6) is 0. The Labute approximate surface area is 141 Å². The number of nitro groups is 1. The van der Waals surface area contributed by atoms with Gasteiger partial charge >= 0.3 is 19.4 Å². The number of aromatic amines is 2. The van der Waals surface area contributed by atoms with Gasteiger partial charge in [0.2, 0.25) is 0 Å². The predicted molar refractivity (Wildman–Crippen MR) is 88.3 cm³/mol. The lowest BCUT2D eigenvalue weighted by Crippen LogP contribution is -2.34. The number of nitrogens with zero attached hydrogens (tertiary/aromatic N) is 2. The third-order valence-corrected chi connectivity index (χ3v) is 4.13. The van der Waals surface area contributed by atoms with Gasteiger partial charge in [0.05, 0.1) is 16.0 Å². The van der Waals surface area contributed by atoms with Crippen molar-refractivity contribution in [1.29, 1.82) is 0 Å².